The summed E-state index contributed by atoms with van der Waals surface area (Å²) in [5, 5.41) is 6.57. The zero-order valence-electron chi connectivity index (χ0n) is 15.6. The summed E-state index contributed by atoms with van der Waals surface area (Å²) < 4.78 is 32.9. The average Bonchev–Trinajstić information content (AvgIpc) is 2.90. The lowest BCUT2D eigenvalue weighted by molar-refractivity contribution is -0.116. The van der Waals surface area contributed by atoms with E-state index in [4.69, 9.17) is 4.74 Å². The van der Waals surface area contributed by atoms with Gasteiger partial charge in [-0.2, -0.15) is 5.10 Å². The van der Waals surface area contributed by atoms with Crippen molar-refractivity contribution >= 4 is 21.6 Å². The number of carbonyl (C=O) groups is 1. The van der Waals surface area contributed by atoms with Gasteiger partial charge in [-0.05, 0) is 38.5 Å². The Kier molecular flexibility index (Phi) is 6.04. The smallest absolute Gasteiger partial charge is 0.244 e. The molecule has 0 spiro atoms. The highest BCUT2D eigenvalue weighted by atomic mass is 32.2. The number of benzene rings is 1. The first-order chi connectivity index (χ1) is 12.2. The molecule has 1 heterocycles. The third kappa shape index (κ3) is 4.23. The fourth-order valence-corrected chi connectivity index (χ4v) is 4.15. The van der Waals surface area contributed by atoms with Crippen molar-refractivity contribution in [2.45, 2.75) is 32.6 Å². The van der Waals surface area contributed by atoms with E-state index in [2.05, 4.69) is 14.9 Å². The highest BCUT2D eigenvalue weighted by Gasteiger charge is 2.23. The Morgan fingerprint density at radius 2 is 2.00 bits per heavy atom. The van der Waals surface area contributed by atoms with Gasteiger partial charge in [0.1, 0.15) is 10.6 Å². The molecule has 8 nitrogen and oxygen atoms in total. The van der Waals surface area contributed by atoms with Crippen molar-refractivity contribution in [3.63, 3.8) is 0 Å². The second-order valence-electron chi connectivity index (χ2n) is 6.01. The molecule has 1 amide bonds. The van der Waals surface area contributed by atoms with Gasteiger partial charge < -0.3 is 9.64 Å². The minimum Gasteiger partial charge on any atom is -0.495 e. The maximum Gasteiger partial charge on any atom is 0.244 e. The summed E-state index contributed by atoms with van der Waals surface area (Å²) in [5.74, 6) is 0.346. The number of anilines is 1. The van der Waals surface area contributed by atoms with E-state index < -0.39 is 10.0 Å². The fourth-order valence-electron chi connectivity index (χ4n) is 2.76. The van der Waals surface area contributed by atoms with Gasteiger partial charge in [-0.25, -0.2) is 13.1 Å². The molecule has 0 aliphatic carbocycles. The molecule has 142 valence electrons. The van der Waals surface area contributed by atoms with Gasteiger partial charge in [-0.3, -0.25) is 9.89 Å². The Balaban J connectivity index is 2.18. The first-order valence-corrected chi connectivity index (χ1v) is 9.59. The van der Waals surface area contributed by atoms with Crippen molar-refractivity contribution in [3.05, 3.63) is 35.2 Å². The SMILES string of the molecule is COc1ccc(C)cc1N(CCNS(=O)(=O)c1c(C)n[nH]c1C)C(C)=O. The van der Waals surface area contributed by atoms with E-state index in [1.165, 1.54) is 18.9 Å². The van der Waals surface area contributed by atoms with E-state index in [0.717, 1.165) is 5.56 Å². The summed E-state index contributed by atoms with van der Waals surface area (Å²) in [4.78, 5) is 13.7. The van der Waals surface area contributed by atoms with Gasteiger partial charge >= 0.3 is 0 Å². The summed E-state index contributed by atoms with van der Waals surface area (Å²) in [6.07, 6.45) is 0. The Bertz CT molecular complexity index is 886. The third-order valence-corrected chi connectivity index (χ3v) is 5.69. The number of sulfonamides is 1. The zero-order valence-corrected chi connectivity index (χ0v) is 16.4. The van der Waals surface area contributed by atoms with Gasteiger partial charge in [-0.1, -0.05) is 6.07 Å². The van der Waals surface area contributed by atoms with Crippen molar-refractivity contribution in [2.24, 2.45) is 0 Å². The molecule has 0 saturated carbocycles. The van der Waals surface area contributed by atoms with Gasteiger partial charge in [-0.15, -0.1) is 0 Å². The summed E-state index contributed by atoms with van der Waals surface area (Å²) in [7, 11) is -2.19. The second kappa shape index (κ2) is 7.88. The van der Waals surface area contributed by atoms with Crippen LogP contribution >= 0.6 is 0 Å². The number of nitrogens with zero attached hydrogens (tertiary/aromatic N) is 2. The van der Waals surface area contributed by atoms with Crippen molar-refractivity contribution in [1.29, 1.82) is 0 Å². The molecule has 2 aromatic rings. The standard InChI is InChI=1S/C17H24N4O4S/c1-11-6-7-16(25-5)15(10-11)21(14(4)22)9-8-18-26(23,24)17-12(2)19-20-13(17)3/h6-7,10,18H,8-9H2,1-5H3,(H,19,20). The molecule has 0 unspecified atom stereocenters. The van der Waals surface area contributed by atoms with E-state index in [1.807, 2.05) is 19.1 Å². The molecule has 1 aromatic heterocycles. The van der Waals surface area contributed by atoms with Crippen molar-refractivity contribution in [1.82, 2.24) is 14.9 Å². The number of nitrogens with one attached hydrogen (secondary N) is 2. The molecule has 0 bridgehead atoms. The number of carbonyl (C=O) groups excluding carboxylic acids is 1. The zero-order chi connectivity index (χ0) is 19.5. The number of methoxy groups -OCH3 is 1. The fraction of sp³-hybridized carbons (Fsp3) is 0.412. The van der Waals surface area contributed by atoms with Crippen LogP contribution in [0.3, 0.4) is 0 Å². The van der Waals surface area contributed by atoms with Crippen LogP contribution in [0.5, 0.6) is 5.75 Å². The van der Waals surface area contributed by atoms with E-state index in [-0.39, 0.29) is 23.9 Å². The van der Waals surface area contributed by atoms with E-state index in [1.54, 1.807) is 19.9 Å². The second-order valence-corrected chi connectivity index (χ2v) is 7.71. The van der Waals surface area contributed by atoms with E-state index in [9.17, 15) is 13.2 Å². The van der Waals surface area contributed by atoms with Crippen LogP contribution in [-0.4, -0.2) is 44.7 Å². The molecule has 0 atom stereocenters. The van der Waals surface area contributed by atoms with Crippen molar-refractivity contribution in [2.75, 3.05) is 25.1 Å². The molecule has 1 aromatic carbocycles. The molecule has 26 heavy (non-hydrogen) atoms. The van der Waals surface area contributed by atoms with Crippen LogP contribution in [0.1, 0.15) is 23.9 Å². The normalized spacial score (nSPS) is 11.4. The van der Waals surface area contributed by atoms with Crippen molar-refractivity contribution < 1.29 is 17.9 Å². The van der Waals surface area contributed by atoms with Gasteiger partial charge in [0.05, 0.1) is 24.2 Å². The van der Waals surface area contributed by atoms with Crippen LogP contribution in [0.25, 0.3) is 0 Å². The van der Waals surface area contributed by atoms with E-state index in [0.29, 0.717) is 22.8 Å². The summed E-state index contributed by atoms with van der Waals surface area (Å²) in [6, 6.07) is 5.50. The predicted octanol–water partition coefficient (Wildman–Crippen LogP) is 1.67. The van der Waals surface area contributed by atoms with Crippen LogP contribution < -0.4 is 14.4 Å². The van der Waals surface area contributed by atoms with Gasteiger partial charge in [0.2, 0.25) is 15.9 Å². The topological polar surface area (TPSA) is 104 Å². The molecule has 0 aliphatic rings. The average molecular weight is 380 g/mol. The first-order valence-electron chi connectivity index (χ1n) is 8.11. The van der Waals surface area contributed by atoms with Crippen molar-refractivity contribution in [3.8, 4) is 5.75 Å². The highest BCUT2D eigenvalue weighted by Crippen LogP contribution is 2.29. The minimum absolute atomic E-state index is 0.0586. The first kappa shape index (κ1) is 19.9. The van der Waals surface area contributed by atoms with Crippen LogP contribution in [0.15, 0.2) is 23.1 Å². The largest absolute Gasteiger partial charge is 0.495 e. The van der Waals surface area contributed by atoms with Crippen LogP contribution in [-0.2, 0) is 14.8 Å². The number of ether oxygens (including phenoxy) is 1. The molecule has 0 saturated heterocycles. The number of aromatic amines is 1. The highest BCUT2D eigenvalue weighted by molar-refractivity contribution is 7.89. The molecule has 0 radical (unpaired) electrons. The lowest BCUT2D eigenvalue weighted by Gasteiger charge is -2.24. The maximum absolute atomic E-state index is 12.5. The molecule has 9 heteroatoms. The quantitative estimate of drug-likeness (QED) is 0.760. The lowest BCUT2D eigenvalue weighted by Crippen LogP contribution is -2.38. The molecular formula is C17H24N4O4S. The Morgan fingerprint density at radius 3 is 2.54 bits per heavy atom. The number of rotatable bonds is 7. The molecule has 2 N–H and O–H groups in total. The summed E-state index contributed by atoms with van der Waals surface area (Å²) in [6.45, 7) is 6.84. The molecular weight excluding hydrogens is 356 g/mol. The third-order valence-electron chi connectivity index (χ3n) is 3.96. The van der Waals surface area contributed by atoms with Gasteiger partial charge in [0.25, 0.3) is 0 Å². The number of aromatic nitrogens is 2. The number of amides is 1. The number of hydrogen-bond donors (Lipinski definition) is 2. The summed E-state index contributed by atoms with van der Waals surface area (Å²) >= 11 is 0. The minimum atomic E-state index is -3.72. The number of hydrogen-bond acceptors (Lipinski definition) is 5. The Hall–Kier alpha value is -2.39. The van der Waals surface area contributed by atoms with E-state index >= 15 is 0 Å². The molecule has 2 rings (SSSR count). The Morgan fingerprint density at radius 1 is 1.31 bits per heavy atom. The van der Waals surface area contributed by atoms with Crippen LogP contribution in [0.2, 0.25) is 0 Å². The predicted molar refractivity (Wildman–Crippen MR) is 99.0 cm³/mol. The van der Waals surface area contributed by atoms with Crippen LogP contribution in [0.4, 0.5) is 5.69 Å². The van der Waals surface area contributed by atoms with Gasteiger partial charge in [0.15, 0.2) is 0 Å². The monoisotopic (exact) mass is 380 g/mol. The van der Waals surface area contributed by atoms with Crippen LogP contribution in [0, 0.1) is 20.8 Å². The molecule has 0 aliphatic heterocycles. The number of H-pyrrole nitrogens is 1. The van der Waals surface area contributed by atoms with Gasteiger partial charge in [0, 0.05) is 20.0 Å². The molecule has 0 fully saturated rings. The maximum atomic E-state index is 12.5. The lowest BCUT2D eigenvalue weighted by atomic mass is 10.2. The summed E-state index contributed by atoms with van der Waals surface area (Å²) in [5.41, 5.74) is 2.45. The Labute approximate surface area is 153 Å². The number of aryl methyl sites for hydroxylation is 3.